The molecule has 8 nitrogen and oxygen atoms in total. The maximum absolute atomic E-state index is 5.50. The Bertz CT molecular complexity index is 8360. The molecule has 24 rings (SSSR count). The number of thiophene rings is 2. The largest absolute Gasteiger partial charge is 0.278 e. The van der Waals surface area contributed by atoms with E-state index in [1.54, 1.807) is 0 Å². The lowest BCUT2D eigenvalue weighted by molar-refractivity contribution is 0.953. The summed E-state index contributed by atoms with van der Waals surface area (Å²) in [6, 6.07) is 153. The van der Waals surface area contributed by atoms with Crippen molar-refractivity contribution in [2.45, 2.75) is 0 Å². The highest BCUT2D eigenvalue weighted by Gasteiger charge is 2.25. The third-order valence-corrected chi connectivity index (χ3v) is 26.7. The average molecular weight is 1620 g/mol. The Morgan fingerprint density at radius 1 is 0.161 bits per heavy atom. The minimum atomic E-state index is 0.536. The molecule has 0 amide bonds. The van der Waals surface area contributed by atoms with Crippen molar-refractivity contribution in [3.05, 3.63) is 425 Å². The molecule has 0 atom stereocenters. The fraction of sp³-hybridized carbons (Fsp3) is 0. The van der Waals surface area contributed by atoms with Gasteiger partial charge >= 0.3 is 0 Å². The van der Waals surface area contributed by atoms with E-state index >= 15 is 0 Å². The summed E-state index contributed by atoms with van der Waals surface area (Å²) in [5, 5.41) is 9.33. The maximum Gasteiger partial charge on any atom is 0.238 e. The van der Waals surface area contributed by atoms with Crippen molar-refractivity contribution in [1.82, 2.24) is 39.0 Å². The van der Waals surface area contributed by atoms with Crippen molar-refractivity contribution in [3.8, 4) is 158 Å². The highest BCUT2D eigenvalue weighted by molar-refractivity contribution is 7.26. The molecule has 0 radical (unpaired) electrons. The number of hydrogen-bond acceptors (Lipinski definition) is 8. The zero-order chi connectivity index (χ0) is 81.7. The molecule has 24 aromatic rings. The van der Waals surface area contributed by atoms with Crippen molar-refractivity contribution in [2.24, 2.45) is 0 Å². The van der Waals surface area contributed by atoms with E-state index in [-0.39, 0.29) is 0 Å². The number of hydrogen-bond donors (Lipinski definition) is 0. The monoisotopic (exact) mass is 1610 g/mol. The molecule has 0 saturated carbocycles. The molecule has 0 aliphatic carbocycles. The van der Waals surface area contributed by atoms with Gasteiger partial charge in [-0.05, 0) is 185 Å². The molecule has 124 heavy (non-hydrogen) atoms. The standard InChI is InChI=1S/C114H70N8S2/c1-6-28-71(29-7-1)76-38-20-40-78(62-76)81-59-61-104-98(68-81)92-53-25-51-89(107(92)123-104)82-42-23-46-86(65-82)111-115-109(74-34-12-4-13-35-74)117-113(119-111)121-100-55-18-16-48-91(100)97-67-80(58-60-102(97)121)79-41-22-45-85(64-79)96-70-105-99(69-95(96)84-44-21-39-77(63-84)72-30-8-2-9-31-72)93-54-26-52-90(108(93)124-105)83-43-24-47-87(66-83)112-116-110(75-36-14-5-15-37-75)118-114(120-112)122-101-56-19-17-49-94(101)106-88(50-27-57-103(106)122)73-32-10-3-11-33-73/h1-70H. The van der Waals surface area contributed by atoms with Crippen LogP contribution in [0.5, 0.6) is 0 Å². The highest BCUT2D eigenvalue weighted by atomic mass is 32.1. The topological polar surface area (TPSA) is 87.2 Å². The van der Waals surface area contributed by atoms with Gasteiger partial charge in [-0.15, -0.1) is 22.7 Å². The minimum absolute atomic E-state index is 0.536. The molecule has 0 bridgehead atoms. The SMILES string of the molecule is c1ccc(-c2cccc(-c3ccc4sc5c(-c6cccc(-c7nc(-c8ccccc8)nc(-n8c9ccccc9c9cc(-c%10cccc(-c%11cc%12sc%13c(-c%14cccc(-c%15nc(-c%16ccccc%16)nc(-n%16c%17ccccc%17c%17c(-c%18ccccc%18)cccc%17%16)n%15)c%14)cccc%13c%12cc%11-c%11cccc(-c%12ccccc%12)c%11)c%10)ccc98)n7)c6)cccc5c4c3)c2)cc1. The zero-order valence-electron chi connectivity index (χ0n) is 66.8. The summed E-state index contributed by atoms with van der Waals surface area (Å²) in [5.74, 6) is 3.44. The van der Waals surface area contributed by atoms with E-state index in [0.29, 0.717) is 35.2 Å². The number of fused-ring (bicyclic) bond motifs is 12. The van der Waals surface area contributed by atoms with E-state index in [9.17, 15) is 0 Å². The van der Waals surface area contributed by atoms with Crippen LogP contribution in [0.15, 0.2) is 425 Å². The van der Waals surface area contributed by atoms with Crippen LogP contribution in [0.2, 0.25) is 0 Å². The van der Waals surface area contributed by atoms with Gasteiger partial charge in [0.05, 0.1) is 22.1 Å². The molecule has 0 fully saturated rings. The summed E-state index contributed by atoms with van der Waals surface area (Å²) in [7, 11) is 0. The number of aromatic nitrogens is 8. The Balaban J connectivity index is 0.602. The van der Waals surface area contributed by atoms with E-state index in [2.05, 4.69) is 397 Å². The molecule has 578 valence electrons. The zero-order valence-corrected chi connectivity index (χ0v) is 68.4. The third kappa shape index (κ3) is 12.7. The highest BCUT2D eigenvalue weighted by Crippen LogP contribution is 2.49. The fourth-order valence-corrected chi connectivity index (χ4v) is 20.8. The van der Waals surface area contributed by atoms with Gasteiger partial charge < -0.3 is 0 Å². The smallest absolute Gasteiger partial charge is 0.238 e. The lowest BCUT2D eigenvalue weighted by atomic mass is 9.90. The van der Waals surface area contributed by atoms with Crippen molar-refractivity contribution in [2.75, 3.05) is 0 Å². The van der Waals surface area contributed by atoms with Gasteiger partial charge in [-0.2, -0.15) is 19.9 Å². The van der Waals surface area contributed by atoms with Crippen LogP contribution in [0, 0.1) is 0 Å². The van der Waals surface area contributed by atoms with Crippen LogP contribution in [0.1, 0.15) is 0 Å². The molecule has 0 saturated heterocycles. The van der Waals surface area contributed by atoms with Crippen LogP contribution in [-0.4, -0.2) is 39.0 Å². The van der Waals surface area contributed by atoms with Gasteiger partial charge in [0.15, 0.2) is 23.3 Å². The van der Waals surface area contributed by atoms with Crippen LogP contribution in [0.4, 0.5) is 0 Å². The second-order valence-electron chi connectivity index (χ2n) is 31.6. The lowest BCUT2D eigenvalue weighted by Gasteiger charge is -2.14. The van der Waals surface area contributed by atoms with Crippen LogP contribution >= 0.6 is 22.7 Å². The minimum Gasteiger partial charge on any atom is -0.278 e. The van der Waals surface area contributed by atoms with E-state index in [4.69, 9.17) is 29.9 Å². The van der Waals surface area contributed by atoms with Gasteiger partial charge in [-0.25, -0.2) is 9.97 Å². The molecule has 0 aliphatic rings. The van der Waals surface area contributed by atoms with Crippen LogP contribution in [0.3, 0.4) is 0 Å². The van der Waals surface area contributed by atoms with E-state index in [0.717, 1.165) is 138 Å². The van der Waals surface area contributed by atoms with E-state index in [1.807, 2.05) is 59.1 Å². The number of para-hydroxylation sites is 2. The normalized spacial score (nSPS) is 11.7. The molecule has 0 aliphatic heterocycles. The third-order valence-electron chi connectivity index (χ3n) is 24.3. The molecule has 0 N–H and O–H groups in total. The van der Waals surface area contributed by atoms with Gasteiger partial charge in [0.25, 0.3) is 0 Å². The first-order valence-electron chi connectivity index (χ1n) is 41.8. The van der Waals surface area contributed by atoms with Crippen molar-refractivity contribution >= 4 is 107 Å². The fourth-order valence-electron chi connectivity index (χ4n) is 18.4. The average Bonchev–Trinajstić information content (AvgIpc) is 1.58. The molecular formula is C114H70N8S2. The van der Waals surface area contributed by atoms with E-state index in [1.165, 1.54) is 68.2 Å². The summed E-state index contributed by atoms with van der Waals surface area (Å²) < 4.78 is 9.30. The van der Waals surface area contributed by atoms with Crippen LogP contribution < -0.4 is 0 Å². The Labute approximate surface area is 722 Å². The first-order chi connectivity index (χ1) is 61.4. The molecule has 0 spiro atoms. The van der Waals surface area contributed by atoms with Crippen LogP contribution in [-0.2, 0) is 0 Å². The second-order valence-corrected chi connectivity index (χ2v) is 33.7. The predicted octanol–water partition coefficient (Wildman–Crippen LogP) is 30.7. The number of benzene rings is 18. The molecule has 18 aromatic carbocycles. The predicted molar refractivity (Wildman–Crippen MR) is 518 cm³/mol. The summed E-state index contributed by atoms with van der Waals surface area (Å²) >= 11 is 3.68. The summed E-state index contributed by atoms with van der Waals surface area (Å²) in [6.07, 6.45) is 0. The van der Waals surface area contributed by atoms with Crippen molar-refractivity contribution in [1.29, 1.82) is 0 Å². The Morgan fingerprint density at radius 3 is 1.02 bits per heavy atom. The first-order valence-corrected chi connectivity index (χ1v) is 43.4. The van der Waals surface area contributed by atoms with Gasteiger partial charge in [0.2, 0.25) is 11.9 Å². The maximum atomic E-state index is 5.50. The van der Waals surface area contributed by atoms with Crippen molar-refractivity contribution < 1.29 is 0 Å². The summed E-state index contributed by atoms with van der Waals surface area (Å²) in [6.45, 7) is 0. The molecule has 0 unspecified atom stereocenters. The molecule has 6 heterocycles. The Hall–Kier alpha value is -16.0. The van der Waals surface area contributed by atoms with Gasteiger partial charge in [0, 0.05) is 84.1 Å². The van der Waals surface area contributed by atoms with Crippen molar-refractivity contribution in [3.63, 3.8) is 0 Å². The summed E-state index contributed by atoms with van der Waals surface area (Å²) in [4.78, 5) is 32.3. The first kappa shape index (κ1) is 72.1. The lowest BCUT2D eigenvalue weighted by Crippen LogP contribution is -2.06. The number of nitrogens with zero attached hydrogens (tertiary/aromatic N) is 8. The second kappa shape index (κ2) is 30.1. The molecule has 10 heteroatoms. The van der Waals surface area contributed by atoms with E-state index < -0.39 is 0 Å². The van der Waals surface area contributed by atoms with Crippen LogP contribution in [0.25, 0.3) is 242 Å². The Morgan fingerprint density at radius 2 is 0.484 bits per heavy atom. The quantitative estimate of drug-likeness (QED) is 0.102. The van der Waals surface area contributed by atoms with Gasteiger partial charge in [-0.3, -0.25) is 9.13 Å². The number of rotatable bonds is 15. The molecule has 6 aromatic heterocycles. The summed E-state index contributed by atoms with van der Waals surface area (Å²) in [5.41, 5.74) is 28.2. The van der Waals surface area contributed by atoms with Gasteiger partial charge in [0.1, 0.15) is 0 Å². The van der Waals surface area contributed by atoms with Gasteiger partial charge in [-0.1, -0.05) is 340 Å². The Kier molecular flexibility index (Phi) is 17.5. The molecular weight excluding hydrogens is 1550 g/mol.